The first-order valence-electron chi connectivity index (χ1n) is 5.55. The highest BCUT2D eigenvalue weighted by atomic mass is 19.4. The van der Waals surface area contributed by atoms with Gasteiger partial charge in [-0.3, -0.25) is 0 Å². The minimum atomic E-state index is -4.56. The maximum atomic E-state index is 12.8. The second-order valence-electron chi connectivity index (χ2n) is 3.87. The van der Waals surface area contributed by atoms with Gasteiger partial charge in [0.05, 0.1) is 7.11 Å². The molecule has 20 heavy (non-hydrogen) atoms. The summed E-state index contributed by atoms with van der Waals surface area (Å²) in [5, 5.41) is 0. The first-order chi connectivity index (χ1) is 9.41. The highest BCUT2D eigenvalue weighted by Crippen LogP contribution is 2.39. The first kappa shape index (κ1) is 14.0. The van der Waals surface area contributed by atoms with Crippen molar-refractivity contribution in [2.24, 2.45) is 0 Å². The number of ether oxygens (including phenoxy) is 2. The Balaban J connectivity index is 2.43. The van der Waals surface area contributed by atoms with Gasteiger partial charge in [0.15, 0.2) is 11.5 Å². The summed E-state index contributed by atoms with van der Waals surface area (Å²) in [4.78, 5) is 3.61. The van der Waals surface area contributed by atoms with Crippen molar-refractivity contribution < 1.29 is 22.6 Å². The molecule has 0 saturated heterocycles. The van der Waals surface area contributed by atoms with Gasteiger partial charge in [0.2, 0.25) is 5.88 Å². The van der Waals surface area contributed by atoms with Gasteiger partial charge in [-0.1, -0.05) is 0 Å². The molecule has 0 saturated carbocycles. The Kier molecular flexibility index (Phi) is 3.69. The summed E-state index contributed by atoms with van der Waals surface area (Å²) in [5.74, 6) is -0.224. The molecule has 0 aliphatic heterocycles. The zero-order valence-electron chi connectivity index (χ0n) is 10.4. The lowest BCUT2D eigenvalue weighted by atomic mass is 10.2. The van der Waals surface area contributed by atoms with Gasteiger partial charge >= 0.3 is 6.18 Å². The number of rotatable bonds is 3. The van der Waals surface area contributed by atoms with Gasteiger partial charge in [0, 0.05) is 18.0 Å². The molecule has 0 amide bonds. The highest BCUT2D eigenvalue weighted by molar-refractivity contribution is 5.53. The van der Waals surface area contributed by atoms with E-state index in [4.69, 9.17) is 15.2 Å². The lowest BCUT2D eigenvalue weighted by Crippen LogP contribution is -2.08. The predicted octanol–water partition coefficient (Wildman–Crippen LogP) is 3.48. The van der Waals surface area contributed by atoms with Crippen molar-refractivity contribution in [3.63, 3.8) is 0 Å². The van der Waals surface area contributed by atoms with E-state index in [1.54, 1.807) is 6.07 Å². The average molecular weight is 284 g/mol. The molecule has 4 nitrogen and oxygen atoms in total. The number of benzene rings is 1. The number of hydrogen-bond acceptors (Lipinski definition) is 4. The molecule has 0 fully saturated rings. The van der Waals surface area contributed by atoms with Crippen LogP contribution < -0.4 is 15.2 Å². The number of nitrogen functional groups attached to an aromatic ring is 1. The molecule has 0 unspecified atom stereocenters. The highest BCUT2D eigenvalue weighted by Gasteiger charge is 2.35. The molecular weight excluding hydrogens is 273 g/mol. The van der Waals surface area contributed by atoms with E-state index in [-0.39, 0.29) is 11.5 Å². The topological polar surface area (TPSA) is 57.4 Å². The minimum Gasteiger partial charge on any atom is -0.493 e. The molecule has 0 atom stereocenters. The molecule has 0 spiro atoms. The zero-order chi connectivity index (χ0) is 14.8. The van der Waals surface area contributed by atoms with E-state index in [0.29, 0.717) is 5.69 Å². The third kappa shape index (κ3) is 2.93. The lowest BCUT2D eigenvalue weighted by Gasteiger charge is -2.14. The molecule has 2 rings (SSSR count). The van der Waals surface area contributed by atoms with Crippen LogP contribution in [-0.2, 0) is 6.18 Å². The van der Waals surface area contributed by atoms with Crippen LogP contribution >= 0.6 is 0 Å². The van der Waals surface area contributed by atoms with Crippen molar-refractivity contribution >= 4 is 5.69 Å². The van der Waals surface area contributed by atoms with Crippen molar-refractivity contribution in [3.8, 4) is 17.4 Å². The van der Waals surface area contributed by atoms with Crippen LogP contribution in [0.1, 0.15) is 5.56 Å². The monoisotopic (exact) mass is 284 g/mol. The second-order valence-corrected chi connectivity index (χ2v) is 3.87. The Bertz CT molecular complexity index is 615. The van der Waals surface area contributed by atoms with Crippen LogP contribution in [-0.4, -0.2) is 12.1 Å². The largest absolute Gasteiger partial charge is 0.493 e. The van der Waals surface area contributed by atoms with Crippen molar-refractivity contribution in [2.75, 3.05) is 12.8 Å². The van der Waals surface area contributed by atoms with Crippen LogP contribution in [0.3, 0.4) is 0 Å². The summed E-state index contributed by atoms with van der Waals surface area (Å²) in [6.45, 7) is 0. The summed E-state index contributed by atoms with van der Waals surface area (Å²) in [6, 6.07) is 6.50. The number of hydrogen-bond donors (Lipinski definition) is 1. The van der Waals surface area contributed by atoms with Crippen LogP contribution in [0.5, 0.6) is 17.4 Å². The van der Waals surface area contributed by atoms with E-state index in [9.17, 15) is 13.2 Å². The Labute approximate surface area is 113 Å². The van der Waals surface area contributed by atoms with Crippen LogP contribution in [0.2, 0.25) is 0 Å². The van der Waals surface area contributed by atoms with Crippen LogP contribution in [0.25, 0.3) is 0 Å². The summed E-state index contributed by atoms with van der Waals surface area (Å²) in [6.07, 6.45) is -3.35. The number of anilines is 1. The molecular formula is C13H11F3N2O2. The smallest absolute Gasteiger partial charge is 0.421 e. The summed E-state index contributed by atoms with van der Waals surface area (Å²) in [5.41, 5.74) is 4.95. The van der Waals surface area contributed by atoms with Gasteiger partial charge in [-0.25, -0.2) is 4.98 Å². The normalized spacial score (nSPS) is 11.2. The third-order valence-corrected chi connectivity index (χ3v) is 2.47. The molecule has 2 aromatic rings. The molecule has 0 radical (unpaired) electrons. The SMILES string of the molecule is COc1ccc(N)cc1Oc1ncccc1C(F)(F)F. The molecule has 1 aromatic carbocycles. The van der Waals surface area contributed by atoms with Crippen molar-refractivity contribution in [1.82, 2.24) is 4.98 Å². The van der Waals surface area contributed by atoms with Crippen molar-refractivity contribution in [2.45, 2.75) is 6.18 Å². The quantitative estimate of drug-likeness (QED) is 0.877. The number of methoxy groups -OCH3 is 1. The van der Waals surface area contributed by atoms with Gasteiger partial charge in [0.1, 0.15) is 5.56 Å². The number of nitrogens with zero attached hydrogens (tertiary/aromatic N) is 1. The number of pyridine rings is 1. The van der Waals surface area contributed by atoms with E-state index < -0.39 is 17.6 Å². The number of aromatic nitrogens is 1. The van der Waals surface area contributed by atoms with Gasteiger partial charge in [-0.15, -0.1) is 0 Å². The molecule has 2 N–H and O–H groups in total. The standard InChI is InChI=1S/C13H11F3N2O2/c1-19-10-5-4-8(17)7-11(10)20-12-9(13(14,15)16)3-2-6-18-12/h2-7H,17H2,1H3. The Morgan fingerprint density at radius 1 is 1.15 bits per heavy atom. The van der Waals surface area contributed by atoms with Gasteiger partial charge in [-0.2, -0.15) is 13.2 Å². The fraction of sp³-hybridized carbons (Fsp3) is 0.154. The fourth-order valence-electron chi connectivity index (χ4n) is 1.57. The Hall–Kier alpha value is -2.44. The molecule has 0 bridgehead atoms. The first-order valence-corrected chi connectivity index (χ1v) is 5.55. The third-order valence-electron chi connectivity index (χ3n) is 2.47. The average Bonchev–Trinajstić information content (AvgIpc) is 2.38. The van der Waals surface area contributed by atoms with Crippen LogP contribution in [0.15, 0.2) is 36.5 Å². The van der Waals surface area contributed by atoms with E-state index in [2.05, 4.69) is 4.98 Å². The molecule has 106 valence electrons. The molecule has 0 aliphatic carbocycles. The zero-order valence-corrected chi connectivity index (χ0v) is 10.4. The summed E-state index contributed by atoms with van der Waals surface area (Å²) < 4.78 is 48.7. The molecule has 0 aliphatic rings. The second kappa shape index (κ2) is 5.28. The maximum Gasteiger partial charge on any atom is 0.421 e. The number of halogens is 3. The van der Waals surface area contributed by atoms with Gasteiger partial charge in [-0.05, 0) is 24.3 Å². The van der Waals surface area contributed by atoms with Crippen LogP contribution in [0, 0.1) is 0 Å². The van der Waals surface area contributed by atoms with Crippen molar-refractivity contribution in [1.29, 1.82) is 0 Å². The summed E-state index contributed by atoms with van der Waals surface area (Å²) in [7, 11) is 1.38. The van der Waals surface area contributed by atoms with E-state index >= 15 is 0 Å². The lowest BCUT2D eigenvalue weighted by molar-refractivity contribution is -0.138. The van der Waals surface area contributed by atoms with Crippen molar-refractivity contribution in [3.05, 3.63) is 42.1 Å². The Morgan fingerprint density at radius 2 is 1.90 bits per heavy atom. The van der Waals surface area contributed by atoms with Gasteiger partial charge in [0.25, 0.3) is 0 Å². The molecule has 1 heterocycles. The minimum absolute atomic E-state index is 0.0664. The summed E-state index contributed by atoms with van der Waals surface area (Å²) >= 11 is 0. The Morgan fingerprint density at radius 3 is 2.55 bits per heavy atom. The fourth-order valence-corrected chi connectivity index (χ4v) is 1.57. The predicted molar refractivity (Wildman–Crippen MR) is 66.7 cm³/mol. The van der Waals surface area contributed by atoms with E-state index in [1.807, 2.05) is 0 Å². The van der Waals surface area contributed by atoms with E-state index in [0.717, 1.165) is 6.07 Å². The van der Waals surface area contributed by atoms with Crippen LogP contribution in [0.4, 0.5) is 18.9 Å². The van der Waals surface area contributed by atoms with E-state index in [1.165, 1.54) is 31.5 Å². The number of alkyl halides is 3. The van der Waals surface area contributed by atoms with Gasteiger partial charge < -0.3 is 15.2 Å². The maximum absolute atomic E-state index is 12.8. The number of nitrogens with two attached hydrogens (primary N) is 1. The molecule has 1 aromatic heterocycles. The molecule has 7 heteroatoms.